The number of para-hydroxylation sites is 3. The third-order valence-corrected chi connectivity index (χ3v) is 7.27. The maximum absolute atomic E-state index is 8.12. The van der Waals surface area contributed by atoms with Crippen LogP contribution in [0.15, 0.2) is 91.0 Å². The van der Waals surface area contributed by atoms with Crippen LogP contribution in [-0.2, 0) is 0 Å². The van der Waals surface area contributed by atoms with E-state index >= 15 is 0 Å². The fourth-order valence-electron chi connectivity index (χ4n) is 5.50. The second-order valence-electron chi connectivity index (χ2n) is 9.38. The van der Waals surface area contributed by atoms with E-state index in [2.05, 4.69) is 127 Å². The number of rotatable bonds is 5. The van der Waals surface area contributed by atoms with E-state index in [9.17, 15) is 0 Å². The normalized spacial score (nSPS) is 11.9. The molecular formula is C33H29N3. The minimum absolute atomic E-state index is 0.925. The molecule has 0 bridgehead atoms. The molecule has 0 unspecified atom stereocenters. The molecule has 0 saturated heterocycles. The quantitative estimate of drug-likeness (QED) is 0.246. The number of nitrogens with one attached hydrogen (secondary N) is 1. The van der Waals surface area contributed by atoms with Crippen LogP contribution >= 0.6 is 0 Å². The van der Waals surface area contributed by atoms with Gasteiger partial charge in [-0.25, -0.2) is 0 Å². The summed E-state index contributed by atoms with van der Waals surface area (Å²) in [5.41, 5.74) is 10.2. The molecule has 2 aromatic heterocycles. The average Bonchev–Trinajstić information content (AvgIpc) is 3.39. The highest BCUT2D eigenvalue weighted by Gasteiger charge is 2.20. The van der Waals surface area contributed by atoms with Crippen molar-refractivity contribution in [1.29, 1.82) is 5.41 Å². The Morgan fingerprint density at radius 2 is 1.22 bits per heavy atom. The van der Waals surface area contributed by atoms with Gasteiger partial charge in [0.15, 0.2) is 0 Å². The van der Waals surface area contributed by atoms with Crippen molar-refractivity contribution in [3.8, 4) is 11.4 Å². The van der Waals surface area contributed by atoms with Crippen molar-refractivity contribution >= 4 is 45.0 Å². The third-order valence-electron chi connectivity index (χ3n) is 7.27. The summed E-state index contributed by atoms with van der Waals surface area (Å²) in [6.45, 7) is 6.48. The lowest BCUT2D eigenvalue weighted by Gasteiger charge is -2.19. The Bertz CT molecular complexity index is 1760. The number of hydrogen-bond acceptors (Lipinski definition) is 1. The molecule has 0 aliphatic rings. The van der Waals surface area contributed by atoms with Crippen LogP contribution in [0.2, 0.25) is 0 Å². The van der Waals surface area contributed by atoms with E-state index in [1.165, 1.54) is 50.2 Å². The molecule has 0 aliphatic carbocycles. The van der Waals surface area contributed by atoms with Crippen LogP contribution in [0, 0.1) is 19.3 Å². The van der Waals surface area contributed by atoms with Crippen LogP contribution in [0.3, 0.4) is 0 Å². The zero-order valence-electron chi connectivity index (χ0n) is 20.9. The zero-order chi connectivity index (χ0) is 24.8. The van der Waals surface area contributed by atoms with Crippen LogP contribution in [0.5, 0.6) is 0 Å². The van der Waals surface area contributed by atoms with Crippen LogP contribution in [-0.4, -0.2) is 15.3 Å². The number of benzene rings is 4. The first kappa shape index (κ1) is 22.1. The average molecular weight is 468 g/mol. The number of aromatic nitrogens is 2. The monoisotopic (exact) mass is 467 g/mol. The lowest BCUT2D eigenvalue weighted by molar-refractivity contribution is 1.04. The van der Waals surface area contributed by atoms with Crippen molar-refractivity contribution in [3.05, 3.63) is 113 Å². The van der Waals surface area contributed by atoms with Crippen molar-refractivity contribution in [3.63, 3.8) is 0 Å². The molecule has 0 aliphatic heterocycles. The Kier molecular flexibility index (Phi) is 5.34. The van der Waals surface area contributed by atoms with Crippen LogP contribution in [0.1, 0.15) is 35.7 Å². The molecule has 0 amide bonds. The lowest BCUT2D eigenvalue weighted by atomic mass is 10.1. The van der Waals surface area contributed by atoms with Gasteiger partial charge in [0, 0.05) is 28.1 Å². The second kappa shape index (κ2) is 8.69. The smallest absolute Gasteiger partial charge is 0.0709 e. The first-order valence-electron chi connectivity index (χ1n) is 12.5. The fourth-order valence-corrected chi connectivity index (χ4v) is 5.50. The van der Waals surface area contributed by atoms with Gasteiger partial charge < -0.3 is 14.5 Å². The molecule has 1 N–H and O–H groups in total. The number of aryl methyl sites for hydroxylation is 2. The summed E-state index contributed by atoms with van der Waals surface area (Å²) in [6, 6.07) is 30.3. The Balaban J connectivity index is 1.81. The Morgan fingerprint density at radius 3 is 1.81 bits per heavy atom. The van der Waals surface area contributed by atoms with Crippen LogP contribution in [0.25, 0.3) is 50.2 Å². The predicted molar refractivity (Wildman–Crippen MR) is 154 cm³/mol. The largest absolute Gasteiger partial charge is 0.308 e. The predicted octanol–water partition coefficient (Wildman–Crippen LogP) is 8.77. The zero-order valence-corrected chi connectivity index (χ0v) is 20.9. The van der Waals surface area contributed by atoms with Crippen molar-refractivity contribution in [2.75, 3.05) is 0 Å². The maximum atomic E-state index is 8.12. The first-order chi connectivity index (χ1) is 17.6. The Morgan fingerprint density at radius 1 is 0.694 bits per heavy atom. The van der Waals surface area contributed by atoms with Gasteiger partial charge in [-0.05, 0) is 73.4 Å². The minimum Gasteiger partial charge on any atom is -0.308 e. The Labute approximate surface area is 211 Å². The summed E-state index contributed by atoms with van der Waals surface area (Å²) in [7, 11) is 0. The molecule has 6 rings (SSSR count). The van der Waals surface area contributed by atoms with Gasteiger partial charge in [-0.15, -0.1) is 0 Å². The number of allylic oxidation sites excluding steroid dienone is 1. The first-order valence-corrected chi connectivity index (χ1v) is 12.5. The van der Waals surface area contributed by atoms with Crippen LogP contribution in [0.4, 0.5) is 0 Å². The number of fused-ring (bicyclic) bond motifs is 4. The molecule has 0 saturated carbocycles. The van der Waals surface area contributed by atoms with E-state index in [1.807, 2.05) is 0 Å². The maximum Gasteiger partial charge on any atom is 0.0709 e. The summed E-state index contributed by atoms with van der Waals surface area (Å²) < 4.78 is 4.76. The standard InChI is InChI=1S/C33H29N3/c1-4-5-15-28-23(3)25-12-6-9-16-29(25)35(28)32-19-22(2)24(21-34)20-33(32)36-30-17-10-7-13-26(30)27-14-8-11-18-31(27)36/h5-21,34H,4H2,1-3H3/b15-5-,34-21?. The summed E-state index contributed by atoms with van der Waals surface area (Å²) >= 11 is 0. The van der Waals surface area contributed by atoms with Gasteiger partial charge in [0.25, 0.3) is 0 Å². The van der Waals surface area contributed by atoms with Gasteiger partial charge >= 0.3 is 0 Å². The van der Waals surface area contributed by atoms with Crippen molar-refractivity contribution in [2.24, 2.45) is 0 Å². The fraction of sp³-hybridized carbons (Fsp3) is 0.121. The lowest BCUT2D eigenvalue weighted by Crippen LogP contribution is -2.07. The molecule has 0 fully saturated rings. The van der Waals surface area contributed by atoms with E-state index in [4.69, 9.17) is 5.41 Å². The third kappa shape index (κ3) is 3.24. The van der Waals surface area contributed by atoms with Gasteiger partial charge in [-0.3, -0.25) is 0 Å². The van der Waals surface area contributed by atoms with Crippen molar-refractivity contribution < 1.29 is 0 Å². The molecule has 2 heterocycles. The molecular weight excluding hydrogens is 438 g/mol. The van der Waals surface area contributed by atoms with Crippen LogP contribution < -0.4 is 0 Å². The number of hydrogen-bond donors (Lipinski definition) is 1. The van der Waals surface area contributed by atoms with Gasteiger partial charge in [0.05, 0.1) is 27.9 Å². The number of nitrogens with zero attached hydrogens (tertiary/aromatic N) is 2. The topological polar surface area (TPSA) is 33.7 Å². The van der Waals surface area contributed by atoms with Crippen molar-refractivity contribution in [1.82, 2.24) is 9.13 Å². The molecule has 3 nitrogen and oxygen atoms in total. The highest BCUT2D eigenvalue weighted by Crippen LogP contribution is 2.38. The van der Waals surface area contributed by atoms with E-state index in [0.717, 1.165) is 28.9 Å². The van der Waals surface area contributed by atoms with Gasteiger partial charge in [-0.2, -0.15) is 0 Å². The van der Waals surface area contributed by atoms with E-state index in [1.54, 1.807) is 0 Å². The highest BCUT2D eigenvalue weighted by molar-refractivity contribution is 6.09. The minimum atomic E-state index is 0.925. The molecule has 0 radical (unpaired) electrons. The highest BCUT2D eigenvalue weighted by atomic mass is 15.1. The molecule has 6 aromatic rings. The molecule has 0 atom stereocenters. The molecule has 3 heteroatoms. The summed E-state index contributed by atoms with van der Waals surface area (Å²) in [5, 5.41) is 11.8. The Hall–Kier alpha value is -4.37. The SMILES string of the molecule is CC/C=C\c1c(C)c2ccccc2n1-c1cc(C)c(C=N)cc1-n1c2ccccc2c2ccccc21. The van der Waals surface area contributed by atoms with Crippen molar-refractivity contribution in [2.45, 2.75) is 27.2 Å². The van der Waals surface area contributed by atoms with Gasteiger partial charge in [-0.1, -0.05) is 67.6 Å². The molecule has 0 spiro atoms. The summed E-state index contributed by atoms with van der Waals surface area (Å²) in [6.07, 6.45) is 6.93. The van der Waals surface area contributed by atoms with E-state index in [0.29, 0.717) is 0 Å². The molecule has 4 aromatic carbocycles. The molecule has 176 valence electrons. The molecule has 36 heavy (non-hydrogen) atoms. The van der Waals surface area contributed by atoms with Gasteiger partial charge in [0.2, 0.25) is 0 Å². The summed E-state index contributed by atoms with van der Waals surface area (Å²) in [4.78, 5) is 0. The van der Waals surface area contributed by atoms with E-state index < -0.39 is 0 Å². The second-order valence-corrected chi connectivity index (χ2v) is 9.38. The summed E-state index contributed by atoms with van der Waals surface area (Å²) in [5.74, 6) is 0. The van der Waals surface area contributed by atoms with E-state index in [-0.39, 0.29) is 0 Å². The van der Waals surface area contributed by atoms with Gasteiger partial charge in [0.1, 0.15) is 0 Å².